The van der Waals surface area contributed by atoms with Crippen molar-refractivity contribution < 1.29 is 19.1 Å². The van der Waals surface area contributed by atoms with Crippen LogP contribution in [0.2, 0.25) is 0 Å². The molecule has 0 N–H and O–H groups in total. The highest BCUT2D eigenvalue weighted by Gasteiger charge is 2.23. The number of carbonyl (C=O) groups excluding carboxylic acids is 2. The van der Waals surface area contributed by atoms with Gasteiger partial charge in [0.1, 0.15) is 5.75 Å². The fraction of sp³-hybridized carbons (Fsp3) is 0.273. The highest BCUT2D eigenvalue weighted by molar-refractivity contribution is 9.10. The maximum Gasteiger partial charge on any atom is 0.379 e. The standard InChI is InChI=1S/C11H11BrO4/c1-6-4-7(12)5-8(15-2)9(6)10(13)11(14)16-3/h4-5H,1-3H3. The van der Waals surface area contributed by atoms with E-state index in [2.05, 4.69) is 20.7 Å². The maximum atomic E-state index is 11.7. The largest absolute Gasteiger partial charge is 0.496 e. The van der Waals surface area contributed by atoms with Crippen LogP contribution >= 0.6 is 15.9 Å². The first-order valence-electron chi connectivity index (χ1n) is 4.48. The summed E-state index contributed by atoms with van der Waals surface area (Å²) in [5.41, 5.74) is 0.888. The lowest BCUT2D eigenvalue weighted by atomic mass is 10.0. The van der Waals surface area contributed by atoms with Crippen molar-refractivity contribution in [3.05, 3.63) is 27.7 Å². The Balaban J connectivity index is 3.32. The van der Waals surface area contributed by atoms with Gasteiger partial charge in [-0.2, -0.15) is 0 Å². The second-order valence-corrected chi connectivity index (χ2v) is 4.04. The van der Waals surface area contributed by atoms with Crippen molar-refractivity contribution in [2.45, 2.75) is 6.92 Å². The number of rotatable bonds is 3. The number of methoxy groups -OCH3 is 2. The van der Waals surface area contributed by atoms with Gasteiger partial charge in [0, 0.05) is 4.47 Å². The van der Waals surface area contributed by atoms with Crippen molar-refractivity contribution >= 4 is 27.7 Å². The monoisotopic (exact) mass is 286 g/mol. The number of hydrogen-bond acceptors (Lipinski definition) is 4. The molecule has 0 spiro atoms. The molecule has 0 saturated carbocycles. The topological polar surface area (TPSA) is 52.6 Å². The number of ether oxygens (including phenoxy) is 2. The quantitative estimate of drug-likeness (QED) is 0.485. The molecule has 0 aliphatic heterocycles. The lowest BCUT2D eigenvalue weighted by Gasteiger charge is -2.10. The normalized spacial score (nSPS) is 9.75. The van der Waals surface area contributed by atoms with E-state index in [1.54, 1.807) is 19.1 Å². The Hall–Kier alpha value is -1.36. The Labute approximate surface area is 102 Å². The van der Waals surface area contributed by atoms with Crippen molar-refractivity contribution in [3.63, 3.8) is 0 Å². The minimum absolute atomic E-state index is 0.234. The predicted molar refractivity (Wildman–Crippen MR) is 61.8 cm³/mol. The summed E-state index contributed by atoms with van der Waals surface area (Å²) in [5.74, 6) is -1.25. The van der Waals surface area contributed by atoms with Gasteiger partial charge in [0.25, 0.3) is 5.78 Å². The molecule has 16 heavy (non-hydrogen) atoms. The molecule has 0 aromatic heterocycles. The summed E-state index contributed by atoms with van der Waals surface area (Å²) in [7, 11) is 2.61. The van der Waals surface area contributed by atoms with E-state index in [1.165, 1.54) is 14.2 Å². The molecule has 86 valence electrons. The van der Waals surface area contributed by atoms with Gasteiger partial charge in [0.05, 0.1) is 19.8 Å². The van der Waals surface area contributed by atoms with Crippen LogP contribution in [-0.2, 0) is 9.53 Å². The lowest BCUT2D eigenvalue weighted by molar-refractivity contribution is -0.135. The van der Waals surface area contributed by atoms with Crippen molar-refractivity contribution in [3.8, 4) is 5.75 Å². The summed E-state index contributed by atoms with van der Waals surface area (Å²) < 4.78 is 10.2. The average molecular weight is 287 g/mol. The molecular formula is C11H11BrO4. The number of ketones is 1. The van der Waals surface area contributed by atoms with Crippen LogP contribution in [0.1, 0.15) is 15.9 Å². The molecule has 0 aliphatic carbocycles. The average Bonchev–Trinajstić information content (AvgIpc) is 2.26. The third-order valence-electron chi connectivity index (χ3n) is 2.08. The molecule has 1 aromatic carbocycles. The Morgan fingerprint density at radius 1 is 1.25 bits per heavy atom. The fourth-order valence-electron chi connectivity index (χ4n) is 1.36. The van der Waals surface area contributed by atoms with Crippen molar-refractivity contribution in [2.24, 2.45) is 0 Å². The molecule has 0 aliphatic rings. The van der Waals surface area contributed by atoms with Crippen molar-refractivity contribution in [1.29, 1.82) is 0 Å². The highest BCUT2D eigenvalue weighted by atomic mass is 79.9. The summed E-state index contributed by atoms with van der Waals surface area (Å²) in [5, 5.41) is 0. The maximum absolute atomic E-state index is 11.7. The Morgan fingerprint density at radius 3 is 2.38 bits per heavy atom. The minimum atomic E-state index is -0.899. The van der Waals surface area contributed by atoms with E-state index in [-0.39, 0.29) is 5.56 Å². The molecule has 0 fully saturated rings. The number of benzene rings is 1. The van der Waals surface area contributed by atoms with E-state index in [0.29, 0.717) is 11.3 Å². The molecule has 0 heterocycles. The summed E-state index contributed by atoms with van der Waals surface area (Å²) in [6.45, 7) is 1.73. The molecule has 0 radical (unpaired) electrons. The molecule has 1 rings (SSSR count). The molecule has 1 aromatic rings. The molecule has 4 nitrogen and oxygen atoms in total. The van der Waals surface area contributed by atoms with Gasteiger partial charge in [-0.1, -0.05) is 15.9 Å². The SMILES string of the molecule is COC(=O)C(=O)c1c(C)cc(Br)cc1OC. The van der Waals surface area contributed by atoms with E-state index in [9.17, 15) is 9.59 Å². The number of Topliss-reactive ketones (excluding diaryl/α,β-unsaturated/α-hetero) is 1. The van der Waals surface area contributed by atoms with Gasteiger partial charge in [0.2, 0.25) is 0 Å². The Kier molecular flexibility index (Phi) is 4.06. The zero-order valence-electron chi connectivity index (χ0n) is 9.17. The van der Waals surface area contributed by atoms with Crippen LogP contribution in [0.5, 0.6) is 5.75 Å². The molecule has 0 unspecified atom stereocenters. The third kappa shape index (κ3) is 2.41. The summed E-state index contributed by atoms with van der Waals surface area (Å²) in [6.07, 6.45) is 0. The second-order valence-electron chi connectivity index (χ2n) is 3.12. The van der Waals surface area contributed by atoms with E-state index in [0.717, 1.165) is 4.47 Å². The number of hydrogen-bond donors (Lipinski definition) is 0. The third-order valence-corrected chi connectivity index (χ3v) is 2.54. The molecular weight excluding hydrogens is 276 g/mol. The first-order valence-corrected chi connectivity index (χ1v) is 5.27. The van der Waals surface area contributed by atoms with Crippen molar-refractivity contribution in [1.82, 2.24) is 0 Å². The fourth-order valence-corrected chi connectivity index (χ4v) is 1.91. The summed E-state index contributed by atoms with van der Waals surface area (Å²) >= 11 is 3.28. The predicted octanol–water partition coefficient (Wildman–Crippen LogP) is 2.12. The van der Waals surface area contributed by atoms with Gasteiger partial charge in [-0.3, -0.25) is 4.79 Å². The van der Waals surface area contributed by atoms with Crippen LogP contribution < -0.4 is 4.74 Å². The van der Waals surface area contributed by atoms with E-state index < -0.39 is 11.8 Å². The van der Waals surface area contributed by atoms with Crippen LogP contribution in [0.25, 0.3) is 0 Å². The summed E-state index contributed by atoms with van der Waals surface area (Å²) in [4.78, 5) is 22.9. The van der Waals surface area contributed by atoms with E-state index in [4.69, 9.17) is 4.74 Å². The number of aryl methyl sites for hydroxylation is 1. The second kappa shape index (κ2) is 5.12. The number of carbonyl (C=O) groups is 2. The van der Waals surface area contributed by atoms with Crippen molar-refractivity contribution in [2.75, 3.05) is 14.2 Å². The van der Waals surface area contributed by atoms with Gasteiger partial charge >= 0.3 is 5.97 Å². The first kappa shape index (κ1) is 12.7. The molecule has 0 amide bonds. The van der Waals surface area contributed by atoms with Crippen LogP contribution in [0.3, 0.4) is 0 Å². The van der Waals surface area contributed by atoms with Crippen LogP contribution in [0.15, 0.2) is 16.6 Å². The number of esters is 1. The molecule has 0 atom stereocenters. The molecule has 0 bridgehead atoms. The van der Waals surface area contributed by atoms with Crippen LogP contribution in [0, 0.1) is 6.92 Å². The van der Waals surface area contributed by atoms with Crippen LogP contribution in [0.4, 0.5) is 0 Å². The van der Waals surface area contributed by atoms with E-state index >= 15 is 0 Å². The zero-order valence-corrected chi connectivity index (χ0v) is 10.8. The smallest absolute Gasteiger partial charge is 0.379 e. The van der Waals surface area contributed by atoms with E-state index in [1.807, 2.05) is 0 Å². The van der Waals surface area contributed by atoms with Gasteiger partial charge in [0.15, 0.2) is 0 Å². The zero-order chi connectivity index (χ0) is 12.3. The van der Waals surface area contributed by atoms with Gasteiger partial charge in [-0.05, 0) is 24.6 Å². The molecule has 0 saturated heterocycles. The highest BCUT2D eigenvalue weighted by Crippen LogP contribution is 2.27. The summed E-state index contributed by atoms with van der Waals surface area (Å²) in [6, 6.07) is 3.36. The Bertz CT molecular complexity index is 440. The lowest BCUT2D eigenvalue weighted by Crippen LogP contribution is -2.17. The van der Waals surface area contributed by atoms with Gasteiger partial charge in [-0.15, -0.1) is 0 Å². The Morgan fingerprint density at radius 2 is 1.88 bits per heavy atom. The van der Waals surface area contributed by atoms with Crippen LogP contribution in [-0.4, -0.2) is 26.0 Å². The van der Waals surface area contributed by atoms with Gasteiger partial charge in [-0.25, -0.2) is 4.79 Å². The first-order chi connectivity index (χ1) is 7.51. The number of halogens is 1. The van der Waals surface area contributed by atoms with Gasteiger partial charge < -0.3 is 9.47 Å². The minimum Gasteiger partial charge on any atom is -0.496 e. The molecule has 5 heteroatoms.